The molecule has 0 aliphatic heterocycles. The van der Waals surface area contributed by atoms with Crippen LogP contribution in [0.5, 0.6) is 0 Å². The minimum atomic E-state index is 0.281. The quantitative estimate of drug-likeness (QED) is 0.332. The van der Waals surface area contributed by atoms with Gasteiger partial charge in [0.1, 0.15) is 0 Å². The van der Waals surface area contributed by atoms with Crippen LogP contribution in [0, 0.1) is 6.92 Å². The van der Waals surface area contributed by atoms with E-state index in [9.17, 15) is 0 Å². The fourth-order valence-corrected chi connectivity index (χ4v) is 4.38. The number of rotatable bonds is 4. The van der Waals surface area contributed by atoms with E-state index in [4.69, 9.17) is 16.6 Å². The molecule has 0 saturated carbocycles. The first-order chi connectivity index (χ1) is 16.2. The lowest BCUT2D eigenvalue weighted by Gasteiger charge is -2.07. The Bertz CT molecular complexity index is 1600. The SMILES string of the molecule is Cc1ccc2[nH]c(-c3nc(Cl)c4nnn(Cc5ccccc5)c4n3)c(-c3ccccc3)c2c1. The maximum Gasteiger partial charge on any atom is 0.184 e. The summed E-state index contributed by atoms with van der Waals surface area (Å²) < 4.78 is 1.76. The molecular formula is C26H19ClN6. The van der Waals surface area contributed by atoms with Crippen LogP contribution in [0.4, 0.5) is 0 Å². The van der Waals surface area contributed by atoms with Crippen molar-refractivity contribution in [3.63, 3.8) is 0 Å². The van der Waals surface area contributed by atoms with Crippen molar-refractivity contribution in [2.45, 2.75) is 13.5 Å². The number of H-pyrrole nitrogens is 1. The number of benzene rings is 3. The molecule has 6 aromatic rings. The van der Waals surface area contributed by atoms with E-state index in [1.807, 2.05) is 48.5 Å². The molecule has 0 unspecified atom stereocenters. The number of aromatic amines is 1. The number of halogens is 1. The van der Waals surface area contributed by atoms with Crippen LogP contribution in [-0.2, 0) is 6.54 Å². The van der Waals surface area contributed by atoms with Crippen LogP contribution in [0.2, 0.25) is 5.15 Å². The molecule has 0 saturated heterocycles. The Labute approximate surface area is 194 Å². The molecule has 1 N–H and O–H groups in total. The van der Waals surface area contributed by atoms with Gasteiger partial charge in [-0.15, -0.1) is 5.10 Å². The standard InChI is InChI=1S/C26H19ClN6/c1-16-12-13-20-19(14-16)21(18-10-6-3-7-11-18)22(28-20)25-29-24(27)23-26(30-25)33(32-31-23)15-17-8-4-2-5-9-17/h2-14,28H,15H2,1H3. The van der Waals surface area contributed by atoms with E-state index in [0.29, 0.717) is 23.5 Å². The highest BCUT2D eigenvalue weighted by molar-refractivity contribution is 6.33. The van der Waals surface area contributed by atoms with E-state index in [2.05, 4.69) is 57.5 Å². The second-order valence-corrected chi connectivity index (χ2v) is 8.39. The van der Waals surface area contributed by atoms with Crippen LogP contribution in [0.3, 0.4) is 0 Å². The van der Waals surface area contributed by atoms with Gasteiger partial charge in [-0.2, -0.15) is 0 Å². The van der Waals surface area contributed by atoms with Gasteiger partial charge in [-0.3, -0.25) is 0 Å². The van der Waals surface area contributed by atoms with Gasteiger partial charge in [-0.25, -0.2) is 14.6 Å². The van der Waals surface area contributed by atoms with E-state index in [1.54, 1.807) is 4.68 Å². The molecule has 3 aromatic heterocycles. The predicted octanol–water partition coefficient (Wildman–Crippen LogP) is 6.05. The van der Waals surface area contributed by atoms with Gasteiger partial charge < -0.3 is 4.98 Å². The lowest BCUT2D eigenvalue weighted by molar-refractivity contribution is 0.664. The average molecular weight is 451 g/mol. The molecule has 33 heavy (non-hydrogen) atoms. The number of hydrogen-bond acceptors (Lipinski definition) is 4. The number of nitrogens with one attached hydrogen (secondary N) is 1. The zero-order valence-corrected chi connectivity index (χ0v) is 18.6. The maximum absolute atomic E-state index is 6.57. The highest BCUT2D eigenvalue weighted by Gasteiger charge is 2.21. The zero-order chi connectivity index (χ0) is 22.4. The van der Waals surface area contributed by atoms with E-state index in [0.717, 1.165) is 33.3 Å². The molecule has 0 atom stereocenters. The first kappa shape index (κ1) is 19.6. The summed E-state index contributed by atoms with van der Waals surface area (Å²) in [5.41, 5.74) is 7.35. The molecule has 7 heteroatoms. The molecule has 6 rings (SSSR count). The van der Waals surface area contributed by atoms with Crippen molar-refractivity contribution < 1.29 is 0 Å². The summed E-state index contributed by atoms with van der Waals surface area (Å²) >= 11 is 6.57. The Balaban J connectivity index is 1.58. The van der Waals surface area contributed by atoms with Crippen LogP contribution < -0.4 is 0 Å². The van der Waals surface area contributed by atoms with Gasteiger partial charge in [0, 0.05) is 16.5 Å². The van der Waals surface area contributed by atoms with Crippen molar-refractivity contribution in [3.8, 4) is 22.6 Å². The number of nitrogens with zero attached hydrogens (tertiary/aromatic N) is 5. The average Bonchev–Trinajstić information content (AvgIpc) is 3.42. The van der Waals surface area contributed by atoms with Gasteiger partial charge >= 0.3 is 0 Å². The molecule has 3 heterocycles. The summed E-state index contributed by atoms with van der Waals surface area (Å²) in [6, 6.07) is 26.7. The number of hydrogen-bond donors (Lipinski definition) is 1. The van der Waals surface area contributed by atoms with E-state index < -0.39 is 0 Å². The maximum atomic E-state index is 6.57. The molecule has 160 valence electrons. The van der Waals surface area contributed by atoms with Crippen LogP contribution in [0.25, 0.3) is 44.7 Å². The summed E-state index contributed by atoms with van der Waals surface area (Å²) in [6.45, 7) is 2.63. The van der Waals surface area contributed by atoms with Gasteiger partial charge in [0.15, 0.2) is 22.1 Å². The van der Waals surface area contributed by atoms with E-state index >= 15 is 0 Å². The Kier molecular flexibility index (Phi) is 4.66. The normalized spacial score (nSPS) is 11.5. The zero-order valence-electron chi connectivity index (χ0n) is 17.8. The number of aryl methyl sites for hydroxylation is 1. The van der Waals surface area contributed by atoms with Crippen molar-refractivity contribution in [3.05, 3.63) is 95.1 Å². The monoisotopic (exact) mass is 450 g/mol. The molecule has 0 fully saturated rings. The molecular weight excluding hydrogens is 432 g/mol. The van der Waals surface area contributed by atoms with Gasteiger partial charge in [-0.1, -0.05) is 89.1 Å². The molecule has 6 nitrogen and oxygen atoms in total. The smallest absolute Gasteiger partial charge is 0.184 e. The van der Waals surface area contributed by atoms with Crippen molar-refractivity contribution in [1.29, 1.82) is 0 Å². The lowest BCUT2D eigenvalue weighted by atomic mass is 10.0. The summed E-state index contributed by atoms with van der Waals surface area (Å²) in [6.07, 6.45) is 0. The van der Waals surface area contributed by atoms with Gasteiger partial charge in [-0.05, 0) is 30.2 Å². The second kappa shape index (κ2) is 7.83. The largest absolute Gasteiger partial charge is 0.351 e. The fourth-order valence-electron chi connectivity index (χ4n) is 4.18. The molecule has 3 aromatic carbocycles. The Hall–Kier alpha value is -4.03. The van der Waals surface area contributed by atoms with Crippen LogP contribution >= 0.6 is 11.6 Å². The molecule has 0 aliphatic rings. The van der Waals surface area contributed by atoms with Gasteiger partial charge in [0.25, 0.3) is 0 Å². The molecule has 0 spiro atoms. The van der Waals surface area contributed by atoms with Gasteiger partial charge in [0.2, 0.25) is 0 Å². The molecule has 0 aliphatic carbocycles. The third-order valence-electron chi connectivity index (χ3n) is 5.74. The van der Waals surface area contributed by atoms with E-state index in [-0.39, 0.29) is 5.15 Å². The fraction of sp³-hybridized carbons (Fsp3) is 0.0769. The van der Waals surface area contributed by atoms with Crippen LogP contribution in [0.15, 0.2) is 78.9 Å². The number of aromatic nitrogens is 6. The van der Waals surface area contributed by atoms with Crippen LogP contribution in [0.1, 0.15) is 11.1 Å². The predicted molar refractivity (Wildman–Crippen MR) is 131 cm³/mol. The minimum Gasteiger partial charge on any atom is -0.351 e. The second-order valence-electron chi connectivity index (χ2n) is 8.03. The lowest BCUT2D eigenvalue weighted by Crippen LogP contribution is -2.04. The summed E-state index contributed by atoms with van der Waals surface area (Å²) in [5.74, 6) is 0.511. The Morgan fingerprint density at radius 3 is 2.45 bits per heavy atom. The minimum absolute atomic E-state index is 0.281. The highest BCUT2D eigenvalue weighted by atomic mass is 35.5. The summed E-state index contributed by atoms with van der Waals surface area (Å²) in [4.78, 5) is 13.0. The van der Waals surface area contributed by atoms with Crippen molar-refractivity contribution in [2.24, 2.45) is 0 Å². The van der Waals surface area contributed by atoms with Crippen molar-refractivity contribution in [1.82, 2.24) is 29.9 Å². The highest BCUT2D eigenvalue weighted by Crippen LogP contribution is 2.38. The molecule has 0 amide bonds. The third-order valence-corrected chi connectivity index (χ3v) is 6.00. The topological polar surface area (TPSA) is 72.3 Å². The first-order valence-corrected chi connectivity index (χ1v) is 11.0. The van der Waals surface area contributed by atoms with Crippen LogP contribution in [-0.4, -0.2) is 29.9 Å². The third kappa shape index (κ3) is 3.45. The van der Waals surface area contributed by atoms with Gasteiger partial charge in [0.05, 0.1) is 12.2 Å². The Morgan fingerprint density at radius 2 is 1.67 bits per heavy atom. The van der Waals surface area contributed by atoms with Crippen molar-refractivity contribution >= 4 is 33.7 Å². The van der Waals surface area contributed by atoms with E-state index in [1.165, 1.54) is 5.56 Å². The summed E-state index contributed by atoms with van der Waals surface area (Å²) in [7, 11) is 0. The molecule has 0 bridgehead atoms. The summed E-state index contributed by atoms with van der Waals surface area (Å²) in [5, 5.41) is 9.92. The Morgan fingerprint density at radius 1 is 0.909 bits per heavy atom. The molecule has 0 radical (unpaired) electrons. The first-order valence-electron chi connectivity index (χ1n) is 10.7. The number of fused-ring (bicyclic) bond motifs is 2. The van der Waals surface area contributed by atoms with Crippen molar-refractivity contribution in [2.75, 3.05) is 0 Å².